The maximum atomic E-state index is 11.1. The van der Waals surface area contributed by atoms with E-state index in [4.69, 9.17) is 10.5 Å². The van der Waals surface area contributed by atoms with Gasteiger partial charge in [-0.15, -0.1) is 0 Å². The minimum absolute atomic E-state index is 0.260. The van der Waals surface area contributed by atoms with Gasteiger partial charge in [0.05, 0.1) is 6.61 Å². The molecular formula is C7H12BrNO2. The molecule has 2 atom stereocenters. The van der Waals surface area contributed by atoms with Crippen LogP contribution in [0.4, 0.5) is 0 Å². The first kappa shape index (κ1) is 9.00. The van der Waals surface area contributed by atoms with Crippen molar-refractivity contribution in [1.29, 1.82) is 0 Å². The summed E-state index contributed by atoms with van der Waals surface area (Å²) >= 11 is 3.28. The molecule has 1 aliphatic carbocycles. The standard InChI is InChI=1S/C7H12BrNO2/c1-2-11-6(10)7(9)3-5(7)4-8/h5H,2-4,9H2,1H3/t5-,7+/m1/s1. The van der Waals surface area contributed by atoms with E-state index in [0.29, 0.717) is 6.61 Å². The number of alkyl halides is 1. The molecule has 0 heterocycles. The van der Waals surface area contributed by atoms with Gasteiger partial charge in [0.25, 0.3) is 0 Å². The Bertz CT molecular complexity index is 174. The molecule has 1 saturated carbocycles. The van der Waals surface area contributed by atoms with Gasteiger partial charge in [0.15, 0.2) is 0 Å². The molecule has 1 fully saturated rings. The molecule has 0 aromatic heterocycles. The van der Waals surface area contributed by atoms with E-state index in [1.165, 1.54) is 0 Å². The number of rotatable bonds is 3. The second-order valence-corrected chi connectivity index (χ2v) is 3.46. The number of ether oxygens (including phenoxy) is 1. The average molecular weight is 222 g/mol. The Labute approximate surface area is 74.4 Å². The number of hydrogen-bond donors (Lipinski definition) is 1. The lowest BCUT2D eigenvalue weighted by molar-refractivity contribution is -0.146. The molecule has 0 amide bonds. The van der Waals surface area contributed by atoms with Gasteiger partial charge in [-0.3, -0.25) is 4.79 Å². The highest BCUT2D eigenvalue weighted by molar-refractivity contribution is 9.09. The molecule has 11 heavy (non-hydrogen) atoms. The molecule has 0 radical (unpaired) electrons. The summed E-state index contributed by atoms with van der Waals surface area (Å²) in [5.74, 6) is 0.00556. The largest absolute Gasteiger partial charge is 0.465 e. The van der Waals surface area contributed by atoms with Crippen LogP contribution in [-0.2, 0) is 9.53 Å². The summed E-state index contributed by atoms with van der Waals surface area (Å²) in [7, 11) is 0. The van der Waals surface area contributed by atoms with Gasteiger partial charge in [-0.25, -0.2) is 0 Å². The lowest BCUT2D eigenvalue weighted by Crippen LogP contribution is -2.37. The number of esters is 1. The molecule has 0 saturated heterocycles. The van der Waals surface area contributed by atoms with E-state index in [2.05, 4.69) is 15.9 Å². The van der Waals surface area contributed by atoms with E-state index in [1.54, 1.807) is 6.92 Å². The van der Waals surface area contributed by atoms with Gasteiger partial charge in [-0.2, -0.15) is 0 Å². The molecule has 0 spiro atoms. The molecule has 1 rings (SSSR count). The molecule has 0 bridgehead atoms. The van der Waals surface area contributed by atoms with Crippen molar-refractivity contribution in [2.75, 3.05) is 11.9 Å². The maximum Gasteiger partial charge on any atom is 0.326 e. The van der Waals surface area contributed by atoms with E-state index in [1.807, 2.05) is 0 Å². The zero-order valence-electron chi connectivity index (χ0n) is 6.47. The third-order valence-electron chi connectivity index (χ3n) is 1.99. The molecule has 2 N–H and O–H groups in total. The molecule has 0 unspecified atom stereocenters. The van der Waals surface area contributed by atoms with Crippen LogP contribution < -0.4 is 5.73 Å². The summed E-state index contributed by atoms with van der Waals surface area (Å²) in [6.07, 6.45) is 0.747. The zero-order chi connectivity index (χ0) is 8.48. The molecule has 4 heteroatoms. The molecular weight excluding hydrogens is 210 g/mol. The molecule has 3 nitrogen and oxygen atoms in total. The fraction of sp³-hybridized carbons (Fsp3) is 0.857. The van der Waals surface area contributed by atoms with Crippen LogP contribution in [0.1, 0.15) is 13.3 Å². The maximum absolute atomic E-state index is 11.1. The van der Waals surface area contributed by atoms with Crippen LogP contribution in [0.5, 0.6) is 0 Å². The number of hydrogen-bond acceptors (Lipinski definition) is 3. The number of carbonyl (C=O) groups excluding carboxylic acids is 1. The Hall–Kier alpha value is -0.0900. The van der Waals surface area contributed by atoms with Gasteiger partial charge in [0.2, 0.25) is 0 Å². The van der Waals surface area contributed by atoms with Crippen molar-refractivity contribution < 1.29 is 9.53 Å². The Kier molecular flexibility index (Phi) is 2.54. The molecule has 0 aliphatic heterocycles. The topological polar surface area (TPSA) is 52.3 Å². The highest BCUT2D eigenvalue weighted by atomic mass is 79.9. The number of carbonyl (C=O) groups is 1. The quantitative estimate of drug-likeness (QED) is 0.563. The minimum atomic E-state index is -0.681. The van der Waals surface area contributed by atoms with Crippen molar-refractivity contribution >= 4 is 21.9 Å². The fourth-order valence-electron chi connectivity index (χ4n) is 1.06. The van der Waals surface area contributed by atoms with Crippen LogP contribution in [0, 0.1) is 5.92 Å². The first-order valence-electron chi connectivity index (χ1n) is 3.67. The third kappa shape index (κ3) is 1.56. The van der Waals surface area contributed by atoms with E-state index < -0.39 is 5.54 Å². The van der Waals surface area contributed by atoms with E-state index in [0.717, 1.165) is 11.8 Å². The lowest BCUT2D eigenvalue weighted by atomic mass is 10.2. The average Bonchev–Trinajstić information content (AvgIpc) is 2.64. The summed E-state index contributed by atoms with van der Waals surface area (Å²) in [5.41, 5.74) is 5.05. The zero-order valence-corrected chi connectivity index (χ0v) is 8.06. The summed E-state index contributed by atoms with van der Waals surface area (Å²) in [5, 5.41) is 0.780. The van der Waals surface area contributed by atoms with Crippen LogP contribution in [0.3, 0.4) is 0 Å². The number of nitrogens with two attached hydrogens (primary N) is 1. The van der Waals surface area contributed by atoms with Crippen LogP contribution in [0.15, 0.2) is 0 Å². The van der Waals surface area contributed by atoms with Crippen LogP contribution >= 0.6 is 15.9 Å². The lowest BCUT2D eigenvalue weighted by Gasteiger charge is -2.08. The normalized spacial score (nSPS) is 35.0. The van der Waals surface area contributed by atoms with Crippen molar-refractivity contribution in [3.8, 4) is 0 Å². The van der Waals surface area contributed by atoms with Gasteiger partial charge < -0.3 is 10.5 Å². The Morgan fingerprint density at radius 3 is 2.91 bits per heavy atom. The monoisotopic (exact) mass is 221 g/mol. The smallest absolute Gasteiger partial charge is 0.326 e. The van der Waals surface area contributed by atoms with Crippen molar-refractivity contribution in [3.05, 3.63) is 0 Å². The molecule has 0 aromatic rings. The SMILES string of the molecule is CCOC(=O)[C@]1(N)C[C@@H]1CBr. The summed E-state index contributed by atoms with van der Waals surface area (Å²) < 4.78 is 4.82. The van der Waals surface area contributed by atoms with Gasteiger partial charge in [0.1, 0.15) is 5.54 Å². The van der Waals surface area contributed by atoms with Crippen LogP contribution in [-0.4, -0.2) is 23.4 Å². The van der Waals surface area contributed by atoms with Crippen molar-refractivity contribution in [2.24, 2.45) is 11.7 Å². The van der Waals surface area contributed by atoms with Crippen molar-refractivity contribution in [3.63, 3.8) is 0 Å². The second-order valence-electron chi connectivity index (χ2n) is 2.82. The van der Waals surface area contributed by atoms with Gasteiger partial charge in [-0.1, -0.05) is 15.9 Å². The fourth-order valence-corrected chi connectivity index (χ4v) is 1.86. The van der Waals surface area contributed by atoms with E-state index in [-0.39, 0.29) is 11.9 Å². The minimum Gasteiger partial charge on any atom is -0.465 e. The Morgan fingerprint density at radius 2 is 2.55 bits per heavy atom. The molecule has 64 valence electrons. The first-order chi connectivity index (χ1) is 5.15. The highest BCUT2D eigenvalue weighted by Gasteiger charge is 2.57. The van der Waals surface area contributed by atoms with Gasteiger partial charge >= 0.3 is 5.97 Å². The second kappa shape index (κ2) is 3.11. The first-order valence-corrected chi connectivity index (χ1v) is 4.79. The van der Waals surface area contributed by atoms with Crippen molar-refractivity contribution in [1.82, 2.24) is 0 Å². The third-order valence-corrected chi connectivity index (χ3v) is 2.78. The van der Waals surface area contributed by atoms with Crippen LogP contribution in [0.25, 0.3) is 0 Å². The summed E-state index contributed by atoms with van der Waals surface area (Å²) in [6.45, 7) is 2.19. The van der Waals surface area contributed by atoms with Gasteiger partial charge in [0, 0.05) is 5.33 Å². The predicted octanol–water partition coefficient (Wildman–Crippen LogP) is 0.662. The summed E-state index contributed by atoms with van der Waals surface area (Å²) in [6, 6.07) is 0. The van der Waals surface area contributed by atoms with E-state index in [9.17, 15) is 4.79 Å². The van der Waals surface area contributed by atoms with Crippen LogP contribution in [0.2, 0.25) is 0 Å². The Balaban J connectivity index is 2.42. The van der Waals surface area contributed by atoms with E-state index >= 15 is 0 Å². The highest BCUT2D eigenvalue weighted by Crippen LogP contribution is 2.42. The molecule has 0 aromatic carbocycles. The predicted molar refractivity (Wildman–Crippen MR) is 45.5 cm³/mol. The molecule has 1 aliphatic rings. The number of halogens is 1. The van der Waals surface area contributed by atoms with Gasteiger partial charge in [-0.05, 0) is 19.3 Å². The summed E-state index contributed by atoms with van der Waals surface area (Å²) in [4.78, 5) is 11.1. The van der Waals surface area contributed by atoms with Crippen molar-refractivity contribution in [2.45, 2.75) is 18.9 Å². The Morgan fingerprint density at radius 1 is 1.91 bits per heavy atom.